The van der Waals surface area contributed by atoms with Crippen LogP contribution in [0.15, 0.2) is 54.6 Å². The molecule has 0 aromatic heterocycles. The lowest BCUT2D eigenvalue weighted by Gasteiger charge is -2.37. The molecule has 2 atom stereocenters. The summed E-state index contributed by atoms with van der Waals surface area (Å²) < 4.78 is 5.18. The van der Waals surface area contributed by atoms with Gasteiger partial charge in [-0.2, -0.15) is 0 Å². The second-order valence-corrected chi connectivity index (χ2v) is 6.06. The Hall–Kier alpha value is -3.55. The van der Waals surface area contributed by atoms with Crippen molar-refractivity contribution in [2.45, 2.75) is 18.7 Å². The zero-order chi connectivity index (χ0) is 19.4. The van der Waals surface area contributed by atoms with E-state index in [1.165, 1.54) is 0 Å². The molecule has 8 nitrogen and oxygen atoms in total. The van der Waals surface area contributed by atoms with Crippen LogP contribution in [0.5, 0.6) is 0 Å². The average Bonchev–Trinajstić information content (AvgIpc) is 2.66. The molecular weight excluding hydrogens is 352 g/mol. The van der Waals surface area contributed by atoms with Gasteiger partial charge in [-0.15, -0.1) is 0 Å². The van der Waals surface area contributed by atoms with Gasteiger partial charge in [-0.1, -0.05) is 54.6 Å². The van der Waals surface area contributed by atoms with Gasteiger partial charge in [0.1, 0.15) is 6.61 Å². The Labute approximate surface area is 155 Å². The van der Waals surface area contributed by atoms with E-state index in [0.717, 1.165) is 10.5 Å². The summed E-state index contributed by atoms with van der Waals surface area (Å²) in [7, 11) is 0. The van der Waals surface area contributed by atoms with Crippen molar-refractivity contribution in [3.8, 4) is 0 Å². The first-order valence-corrected chi connectivity index (χ1v) is 8.25. The molecule has 0 saturated heterocycles. The molecule has 1 heterocycles. The standard InChI is InChI=1S/C19H18N2O6/c22-17(23)16-14-9-5-4-8-13(14)15(10-21(16)19(25)26)20-18(24)27-11-12-6-2-1-3-7-12/h1-9,15-16H,10-11H2,(H,20,24)(H,22,23)(H,25,26)/t15-,16-/m1/s1. The number of alkyl carbamates (subject to hydrolysis) is 1. The summed E-state index contributed by atoms with van der Waals surface area (Å²) in [5, 5.41) is 21.5. The molecule has 140 valence electrons. The Bertz CT molecular complexity index is 854. The van der Waals surface area contributed by atoms with Crippen LogP contribution in [0.25, 0.3) is 0 Å². The third-order valence-corrected chi connectivity index (χ3v) is 4.34. The molecule has 3 rings (SSSR count). The SMILES string of the molecule is O=C(N[C@@H]1CN(C(=O)O)[C@@H](C(=O)O)c2ccccc21)OCc1ccccc1. The predicted molar refractivity (Wildman–Crippen MR) is 94.1 cm³/mol. The van der Waals surface area contributed by atoms with Crippen molar-refractivity contribution in [3.05, 3.63) is 71.3 Å². The van der Waals surface area contributed by atoms with Crippen LogP contribution in [0, 0.1) is 0 Å². The van der Waals surface area contributed by atoms with Crippen LogP contribution in [0.3, 0.4) is 0 Å². The number of hydrogen-bond donors (Lipinski definition) is 3. The van der Waals surface area contributed by atoms with Gasteiger partial charge in [0.15, 0.2) is 6.04 Å². The number of ether oxygens (including phenoxy) is 1. The van der Waals surface area contributed by atoms with Crippen LogP contribution in [-0.4, -0.2) is 39.8 Å². The number of carbonyl (C=O) groups excluding carboxylic acids is 1. The van der Waals surface area contributed by atoms with Gasteiger partial charge in [0.2, 0.25) is 0 Å². The van der Waals surface area contributed by atoms with E-state index in [0.29, 0.717) is 11.1 Å². The number of amides is 2. The van der Waals surface area contributed by atoms with Gasteiger partial charge in [0.05, 0.1) is 6.04 Å². The number of carboxylic acid groups (broad SMARTS) is 2. The van der Waals surface area contributed by atoms with Crippen LogP contribution in [-0.2, 0) is 16.1 Å². The molecule has 0 unspecified atom stereocenters. The fourth-order valence-electron chi connectivity index (χ4n) is 3.13. The second kappa shape index (κ2) is 7.77. The average molecular weight is 370 g/mol. The maximum atomic E-state index is 12.2. The first kappa shape index (κ1) is 18.2. The topological polar surface area (TPSA) is 116 Å². The van der Waals surface area contributed by atoms with E-state index in [-0.39, 0.29) is 13.2 Å². The third kappa shape index (κ3) is 4.00. The van der Waals surface area contributed by atoms with Gasteiger partial charge in [-0.25, -0.2) is 14.4 Å². The number of hydrogen-bond acceptors (Lipinski definition) is 4. The third-order valence-electron chi connectivity index (χ3n) is 4.34. The van der Waals surface area contributed by atoms with Crippen molar-refractivity contribution in [1.29, 1.82) is 0 Å². The van der Waals surface area contributed by atoms with Crippen molar-refractivity contribution in [1.82, 2.24) is 10.2 Å². The predicted octanol–water partition coefficient (Wildman–Crippen LogP) is 2.77. The summed E-state index contributed by atoms with van der Waals surface area (Å²) in [6.07, 6.45) is -2.08. The second-order valence-electron chi connectivity index (χ2n) is 6.06. The number of aliphatic carboxylic acids is 1. The number of rotatable bonds is 4. The Kier molecular flexibility index (Phi) is 5.25. The molecule has 2 aromatic rings. The fourth-order valence-corrected chi connectivity index (χ4v) is 3.13. The molecule has 0 radical (unpaired) electrons. The molecule has 27 heavy (non-hydrogen) atoms. The monoisotopic (exact) mass is 370 g/mol. The maximum Gasteiger partial charge on any atom is 0.408 e. The molecule has 8 heteroatoms. The van der Waals surface area contributed by atoms with Crippen molar-refractivity contribution in [2.24, 2.45) is 0 Å². The molecule has 0 fully saturated rings. The highest BCUT2D eigenvalue weighted by Gasteiger charge is 2.40. The van der Waals surface area contributed by atoms with Gasteiger partial charge in [0, 0.05) is 6.54 Å². The number of nitrogens with zero attached hydrogens (tertiary/aromatic N) is 1. The normalized spacial score (nSPS) is 18.3. The molecule has 2 aromatic carbocycles. The first-order valence-electron chi connectivity index (χ1n) is 8.25. The highest BCUT2D eigenvalue weighted by Crippen LogP contribution is 2.35. The Morgan fingerprint density at radius 1 is 1.00 bits per heavy atom. The van der Waals surface area contributed by atoms with Crippen molar-refractivity contribution in [3.63, 3.8) is 0 Å². The van der Waals surface area contributed by atoms with Crippen LogP contribution < -0.4 is 5.32 Å². The van der Waals surface area contributed by atoms with Crippen molar-refractivity contribution >= 4 is 18.2 Å². The minimum Gasteiger partial charge on any atom is -0.479 e. The molecule has 1 aliphatic heterocycles. The van der Waals surface area contributed by atoms with Crippen LogP contribution in [0.1, 0.15) is 28.8 Å². The summed E-state index contributed by atoms with van der Waals surface area (Å²) in [5.41, 5.74) is 1.70. The number of fused-ring (bicyclic) bond motifs is 1. The van der Waals surface area contributed by atoms with Crippen LogP contribution in [0.2, 0.25) is 0 Å². The Balaban J connectivity index is 1.78. The molecule has 0 aliphatic carbocycles. The van der Waals surface area contributed by atoms with Crippen molar-refractivity contribution in [2.75, 3.05) is 6.54 Å². The lowest BCUT2D eigenvalue weighted by atomic mass is 9.89. The van der Waals surface area contributed by atoms with Gasteiger partial charge in [-0.05, 0) is 16.7 Å². The lowest BCUT2D eigenvalue weighted by molar-refractivity contribution is -0.143. The van der Waals surface area contributed by atoms with E-state index < -0.39 is 30.2 Å². The van der Waals surface area contributed by atoms with E-state index in [4.69, 9.17) is 4.74 Å². The fraction of sp³-hybridized carbons (Fsp3) is 0.211. The molecule has 0 spiro atoms. The number of carboxylic acids is 1. The van der Waals surface area contributed by atoms with Gasteiger partial charge >= 0.3 is 18.2 Å². The summed E-state index contributed by atoms with van der Waals surface area (Å²) >= 11 is 0. The molecule has 0 bridgehead atoms. The zero-order valence-electron chi connectivity index (χ0n) is 14.2. The first-order chi connectivity index (χ1) is 13.0. The maximum absolute atomic E-state index is 12.2. The smallest absolute Gasteiger partial charge is 0.408 e. The van der Waals surface area contributed by atoms with E-state index in [9.17, 15) is 24.6 Å². The molecule has 1 aliphatic rings. The van der Waals surface area contributed by atoms with Crippen LogP contribution >= 0.6 is 0 Å². The van der Waals surface area contributed by atoms with Gasteiger partial charge in [-0.3, -0.25) is 4.90 Å². The summed E-state index contributed by atoms with van der Waals surface area (Å²) in [4.78, 5) is 36.1. The lowest BCUT2D eigenvalue weighted by Crippen LogP contribution is -2.48. The Morgan fingerprint density at radius 3 is 2.26 bits per heavy atom. The minimum atomic E-state index is -1.37. The summed E-state index contributed by atoms with van der Waals surface area (Å²) in [6, 6.07) is 13.6. The summed E-state index contributed by atoms with van der Waals surface area (Å²) in [5.74, 6) is -1.27. The van der Waals surface area contributed by atoms with Gasteiger partial charge < -0.3 is 20.3 Å². The number of benzene rings is 2. The highest BCUT2D eigenvalue weighted by molar-refractivity contribution is 5.82. The Morgan fingerprint density at radius 2 is 1.63 bits per heavy atom. The molecular formula is C19H18N2O6. The zero-order valence-corrected chi connectivity index (χ0v) is 14.2. The quantitative estimate of drug-likeness (QED) is 0.762. The molecule has 0 saturated carbocycles. The van der Waals surface area contributed by atoms with Crippen molar-refractivity contribution < 1.29 is 29.3 Å². The number of carbonyl (C=O) groups is 3. The summed E-state index contributed by atoms with van der Waals surface area (Å²) in [6.45, 7) is -0.120. The number of nitrogens with one attached hydrogen (secondary N) is 1. The largest absolute Gasteiger partial charge is 0.479 e. The van der Waals surface area contributed by atoms with Crippen LogP contribution in [0.4, 0.5) is 9.59 Å². The minimum absolute atomic E-state index is 0.0709. The van der Waals surface area contributed by atoms with E-state index >= 15 is 0 Å². The van der Waals surface area contributed by atoms with E-state index in [1.54, 1.807) is 24.3 Å². The molecule has 3 N–H and O–H groups in total. The molecule has 2 amide bonds. The highest BCUT2D eigenvalue weighted by atomic mass is 16.5. The van der Waals surface area contributed by atoms with E-state index in [2.05, 4.69) is 5.32 Å². The van der Waals surface area contributed by atoms with E-state index in [1.807, 2.05) is 30.3 Å². The van der Waals surface area contributed by atoms with Gasteiger partial charge in [0.25, 0.3) is 0 Å².